The van der Waals surface area contributed by atoms with Gasteiger partial charge in [0.15, 0.2) is 0 Å². The molecule has 2 aromatic rings. The quantitative estimate of drug-likeness (QED) is 0.371. The zero-order chi connectivity index (χ0) is 27.1. The molecule has 1 spiro atoms. The lowest BCUT2D eigenvalue weighted by Crippen LogP contribution is -2.49. The van der Waals surface area contributed by atoms with Crippen LogP contribution in [0.5, 0.6) is 0 Å². The van der Waals surface area contributed by atoms with Crippen LogP contribution in [0.2, 0.25) is 10.0 Å². The van der Waals surface area contributed by atoms with Crippen LogP contribution in [0.1, 0.15) is 63.5 Å². The van der Waals surface area contributed by atoms with Gasteiger partial charge < -0.3 is 20.8 Å². The highest BCUT2D eigenvalue weighted by molar-refractivity contribution is 6.31. The molecule has 0 saturated carbocycles. The fourth-order valence-electron chi connectivity index (χ4n) is 5.96. The molecule has 1 saturated heterocycles. The van der Waals surface area contributed by atoms with Crippen LogP contribution in [0.15, 0.2) is 36.4 Å². The molecule has 2 aliphatic rings. The monoisotopic (exact) mass is 550 g/mol. The number of fused-ring (bicyclic) bond motifs is 2. The van der Waals surface area contributed by atoms with Crippen molar-refractivity contribution in [2.24, 2.45) is 5.41 Å². The standard InChI is InChI=1S/C28H33Cl2FN2O4/c1-27(2,3)13-22-28(18-11-10-15(29)12-20(18)32-26(28)37)23(17-7-5-8-19(30)24(17)31)25(33-22)21(36)9-4-6-16(35)14-34/h5,7-8,10-12,16,22-23,25,33-35H,4,6,9,13-14H2,1-3H3,(H,32,37)/t16-,22-,23-,25-,28+/m0/s1. The fourth-order valence-corrected chi connectivity index (χ4v) is 6.32. The molecule has 4 N–H and O–H groups in total. The number of anilines is 1. The van der Waals surface area contributed by atoms with E-state index in [9.17, 15) is 14.7 Å². The van der Waals surface area contributed by atoms with Crippen molar-refractivity contribution < 1.29 is 24.2 Å². The summed E-state index contributed by atoms with van der Waals surface area (Å²) in [5, 5.41) is 25.6. The SMILES string of the molecule is CC(C)(C)C[C@@H]1N[C@@H](C(=O)CCC[C@H](O)CO)[C@H](c2cccc(Cl)c2F)[C@]12C(=O)Nc1cc(Cl)ccc12. The minimum absolute atomic E-state index is 0.0843. The van der Waals surface area contributed by atoms with Gasteiger partial charge in [-0.3, -0.25) is 9.59 Å². The van der Waals surface area contributed by atoms with Gasteiger partial charge in [-0.2, -0.15) is 0 Å². The summed E-state index contributed by atoms with van der Waals surface area (Å²) in [4.78, 5) is 27.7. The van der Waals surface area contributed by atoms with E-state index < -0.39 is 35.3 Å². The van der Waals surface area contributed by atoms with Crippen LogP contribution in [0.4, 0.5) is 10.1 Å². The summed E-state index contributed by atoms with van der Waals surface area (Å²) < 4.78 is 15.7. The molecule has 37 heavy (non-hydrogen) atoms. The van der Waals surface area contributed by atoms with Crippen molar-refractivity contribution in [1.29, 1.82) is 0 Å². The highest BCUT2D eigenvalue weighted by Crippen LogP contribution is 2.57. The Morgan fingerprint density at radius 3 is 2.62 bits per heavy atom. The van der Waals surface area contributed by atoms with Crippen LogP contribution in [-0.4, -0.2) is 46.7 Å². The molecule has 0 aliphatic carbocycles. The van der Waals surface area contributed by atoms with Crippen molar-refractivity contribution in [3.63, 3.8) is 0 Å². The Hall–Kier alpha value is -2.03. The molecule has 5 atom stereocenters. The second-order valence-corrected chi connectivity index (χ2v) is 12.1. The Bertz CT molecular complexity index is 1200. The first kappa shape index (κ1) is 28.0. The van der Waals surface area contributed by atoms with Crippen LogP contribution in [0, 0.1) is 11.2 Å². The van der Waals surface area contributed by atoms with Gasteiger partial charge in [0.25, 0.3) is 0 Å². The van der Waals surface area contributed by atoms with Gasteiger partial charge in [0.2, 0.25) is 5.91 Å². The summed E-state index contributed by atoms with van der Waals surface area (Å²) in [6.07, 6.45) is 0.319. The zero-order valence-corrected chi connectivity index (χ0v) is 22.7. The van der Waals surface area contributed by atoms with E-state index in [1.807, 2.05) is 0 Å². The molecule has 0 radical (unpaired) electrons. The number of amides is 1. The molecule has 1 amide bonds. The van der Waals surface area contributed by atoms with Crippen molar-refractivity contribution >= 4 is 40.6 Å². The number of ketones is 1. The topological polar surface area (TPSA) is 98.7 Å². The van der Waals surface area contributed by atoms with Crippen molar-refractivity contribution in [2.75, 3.05) is 11.9 Å². The number of carbonyl (C=O) groups excluding carboxylic acids is 2. The van der Waals surface area contributed by atoms with Gasteiger partial charge >= 0.3 is 0 Å². The third-order valence-electron chi connectivity index (χ3n) is 7.46. The average molecular weight is 551 g/mol. The van der Waals surface area contributed by atoms with E-state index in [2.05, 4.69) is 31.4 Å². The number of nitrogens with one attached hydrogen (secondary N) is 2. The number of carbonyl (C=O) groups is 2. The number of aliphatic hydroxyl groups is 2. The van der Waals surface area contributed by atoms with Gasteiger partial charge in [-0.25, -0.2) is 4.39 Å². The third-order valence-corrected chi connectivity index (χ3v) is 7.98. The maximum Gasteiger partial charge on any atom is 0.237 e. The maximum absolute atomic E-state index is 15.7. The van der Waals surface area contributed by atoms with Gasteiger partial charge in [0.05, 0.1) is 23.8 Å². The number of aliphatic hydroxyl groups excluding tert-OH is 2. The molecule has 2 aromatic carbocycles. The molecule has 0 aromatic heterocycles. The molecule has 200 valence electrons. The van der Waals surface area contributed by atoms with Crippen molar-refractivity contribution in [1.82, 2.24) is 5.32 Å². The fraction of sp³-hybridized carbons (Fsp3) is 0.500. The predicted molar refractivity (Wildman–Crippen MR) is 143 cm³/mol. The number of Topliss-reactive ketones (excluding diaryl/α,β-unsaturated/α-hetero) is 1. The van der Waals surface area contributed by atoms with Crippen molar-refractivity contribution in [2.45, 2.75) is 76.0 Å². The third kappa shape index (κ3) is 5.17. The molecular weight excluding hydrogens is 518 g/mol. The van der Waals surface area contributed by atoms with E-state index in [-0.39, 0.29) is 47.1 Å². The molecule has 9 heteroatoms. The van der Waals surface area contributed by atoms with E-state index >= 15 is 4.39 Å². The summed E-state index contributed by atoms with van der Waals surface area (Å²) >= 11 is 12.4. The van der Waals surface area contributed by atoms with E-state index in [0.717, 1.165) is 0 Å². The van der Waals surface area contributed by atoms with E-state index in [1.54, 1.807) is 30.3 Å². The van der Waals surface area contributed by atoms with Crippen LogP contribution >= 0.6 is 23.2 Å². The molecular formula is C28H33Cl2FN2O4. The summed E-state index contributed by atoms with van der Waals surface area (Å²) in [7, 11) is 0. The predicted octanol–water partition coefficient (Wildman–Crippen LogP) is 4.98. The van der Waals surface area contributed by atoms with Crippen molar-refractivity contribution in [3.05, 3.63) is 63.4 Å². The summed E-state index contributed by atoms with van der Waals surface area (Å²) in [6.45, 7) is 5.78. The smallest absolute Gasteiger partial charge is 0.237 e. The van der Waals surface area contributed by atoms with E-state index in [0.29, 0.717) is 29.1 Å². The van der Waals surface area contributed by atoms with E-state index in [4.69, 9.17) is 28.3 Å². The summed E-state index contributed by atoms with van der Waals surface area (Å²) in [5.74, 6) is -2.05. The van der Waals surface area contributed by atoms with Gasteiger partial charge in [0, 0.05) is 29.1 Å². The number of halogens is 3. The summed E-state index contributed by atoms with van der Waals surface area (Å²) in [5.41, 5.74) is -0.100. The van der Waals surface area contributed by atoms with Crippen molar-refractivity contribution in [3.8, 4) is 0 Å². The molecule has 0 bridgehead atoms. The number of benzene rings is 2. The van der Waals surface area contributed by atoms with Crippen LogP contribution in [-0.2, 0) is 15.0 Å². The van der Waals surface area contributed by atoms with Gasteiger partial charge in [0.1, 0.15) is 17.0 Å². The molecule has 1 fully saturated rings. The second-order valence-electron chi connectivity index (χ2n) is 11.3. The van der Waals surface area contributed by atoms with Crippen LogP contribution < -0.4 is 10.6 Å². The molecule has 6 nitrogen and oxygen atoms in total. The first-order valence-electron chi connectivity index (χ1n) is 12.5. The maximum atomic E-state index is 15.7. The Morgan fingerprint density at radius 2 is 1.95 bits per heavy atom. The number of hydrogen-bond donors (Lipinski definition) is 4. The minimum atomic E-state index is -1.29. The van der Waals surface area contributed by atoms with Crippen LogP contribution in [0.25, 0.3) is 0 Å². The first-order valence-corrected chi connectivity index (χ1v) is 13.3. The lowest BCUT2D eigenvalue weighted by atomic mass is 9.62. The molecule has 4 rings (SSSR count). The highest BCUT2D eigenvalue weighted by Gasteiger charge is 2.65. The summed E-state index contributed by atoms with van der Waals surface area (Å²) in [6, 6.07) is 8.45. The number of hydrogen-bond acceptors (Lipinski definition) is 5. The molecule has 2 heterocycles. The first-order chi connectivity index (χ1) is 17.4. The molecule has 2 aliphatic heterocycles. The Morgan fingerprint density at radius 1 is 1.22 bits per heavy atom. The average Bonchev–Trinajstić information content (AvgIpc) is 3.29. The Balaban J connectivity index is 1.90. The normalized spacial score (nSPS) is 25.8. The minimum Gasteiger partial charge on any atom is -0.394 e. The molecule has 0 unspecified atom stereocenters. The van der Waals surface area contributed by atoms with Crippen LogP contribution in [0.3, 0.4) is 0 Å². The zero-order valence-electron chi connectivity index (χ0n) is 21.2. The Kier molecular flexibility index (Phi) is 8.03. The van der Waals surface area contributed by atoms with Gasteiger partial charge in [-0.05, 0) is 54.0 Å². The lowest BCUT2D eigenvalue weighted by molar-refractivity contribution is -0.122. The van der Waals surface area contributed by atoms with Gasteiger partial charge in [-0.15, -0.1) is 0 Å². The second kappa shape index (κ2) is 10.6. The number of rotatable bonds is 8. The van der Waals surface area contributed by atoms with Gasteiger partial charge in [-0.1, -0.05) is 62.2 Å². The Labute approximate surface area is 226 Å². The highest BCUT2D eigenvalue weighted by atomic mass is 35.5. The lowest BCUT2D eigenvalue weighted by Gasteiger charge is -2.37. The largest absolute Gasteiger partial charge is 0.394 e. The van der Waals surface area contributed by atoms with E-state index in [1.165, 1.54) is 6.07 Å².